The molecule has 0 spiro atoms. The van der Waals surface area contributed by atoms with E-state index in [4.69, 9.17) is 9.63 Å². The highest BCUT2D eigenvalue weighted by molar-refractivity contribution is 5.74. The Bertz CT molecular complexity index is 571. The van der Waals surface area contributed by atoms with Gasteiger partial charge in [0.15, 0.2) is 5.82 Å². The van der Waals surface area contributed by atoms with Gasteiger partial charge in [0.05, 0.1) is 12.6 Å². The maximum atomic E-state index is 11.9. The molecule has 3 N–H and O–H groups in total. The van der Waals surface area contributed by atoms with Crippen LogP contribution in [0.1, 0.15) is 29.7 Å². The summed E-state index contributed by atoms with van der Waals surface area (Å²) in [6, 6.07) is 8.89. The van der Waals surface area contributed by atoms with Crippen LogP contribution in [-0.2, 0) is 6.54 Å². The average molecular weight is 290 g/mol. The molecule has 2 aromatic rings. The van der Waals surface area contributed by atoms with E-state index in [1.54, 1.807) is 6.92 Å². The maximum Gasteiger partial charge on any atom is 0.315 e. The lowest BCUT2D eigenvalue weighted by Gasteiger charge is -2.18. The van der Waals surface area contributed by atoms with E-state index in [0.29, 0.717) is 18.1 Å². The predicted molar refractivity (Wildman–Crippen MR) is 75.3 cm³/mol. The number of nitrogens with zero attached hydrogens (tertiary/aromatic N) is 2. The molecule has 112 valence electrons. The fraction of sp³-hybridized carbons (Fsp3) is 0.357. The lowest BCUT2D eigenvalue weighted by molar-refractivity contribution is 0.227. The molecular weight excluding hydrogens is 272 g/mol. The first kappa shape index (κ1) is 15.0. The van der Waals surface area contributed by atoms with Gasteiger partial charge in [-0.15, -0.1) is 0 Å². The van der Waals surface area contributed by atoms with Crippen LogP contribution < -0.4 is 10.6 Å². The number of aromatic nitrogens is 2. The standard InChI is InChI=1S/C14H18N4O3/c1-10-16-13(21-18-10)9-15-14(20)17-12(7-8-19)11-5-3-2-4-6-11/h2-6,12,19H,7-9H2,1H3,(H2,15,17,20)/t12-/m1/s1. The molecule has 0 aliphatic heterocycles. The molecule has 1 atom stereocenters. The number of hydrogen-bond donors (Lipinski definition) is 3. The molecule has 1 aromatic heterocycles. The summed E-state index contributed by atoms with van der Waals surface area (Å²) in [7, 11) is 0. The van der Waals surface area contributed by atoms with Crippen LogP contribution in [-0.4, -0.2) is 27.9 Å². The molecule has 0 aliphatic rings. The Morgan fingerprint density at radius 3 is 2.76 bits per heavy atom. The number of urea groups is 1. The van der Waals surface area contributed by atoms with Crippen molar-refractivity contribution in [1.29, 1.82) is 0 Å². The summed E-state index contributed by atoms with van der Waals surface area (Å²) in [4.78, 5) is 15.9. The number of rotatable bonds is 6. The molecule has 0 saturated carbocycles. The molecule has 0 radical (unpaired) electrons. The predicted octanol–water partition coefficient (Wildman–Crippen LogP) is 1.30. The van der Waals surface area contributed by atoms with Crippen LogP contribution >= 0.6 is 0 Å². The third-order valence-corrected chi connectivity index (χ3v) is 2.89. The van der Waals surface area contributed by atoms with Gasteiger partial charge in [0.25, 0.3) is 0 Å². The lowest BCUT2D eigenvalue weighted by Crippen LogP contribution is -2.38. The van der Waals surface area contributed by atoms with Gasteiger partial charge in [-0.2, -0.15) is 4.98 Å². The Morgan fingerprint density at radius 2 is 2.14 bits per heavy atom. The molecule has 1 heterocycles. The summed E-state index contributed by atoms with van der Waals surface area (Å²) in [6.45, 7) is 1.86. The monoisotopic (exact) mass is 290 g/mol. The van der Waals surface area contributed by atoms with Gasteiger partial charge >= 0.3 is 6.03 Å². The first-order valence-corrected chi connectivity index (χ1v) is 6.68. The fourth-order valence-corrected chi connectivity index (χ4v) is 1.91. The Labute approximate surface area is 122 Å². The van der Waals surface area contributed by atoms with E-state index in [0.717, 1.165) is 5.56 Å². The number of hydrogen-bond acceptors (Lipinski definition) is 5. The molecule has 0 fully saturated rings. The highest BCUT2D eigenvalue weighted by Crippen LogP contribution is 2.15. The second-order valence-electron chi connectivity index (χ2n) is 4.54. The van der Waals surface area contributed by atoms with Crippen molar-refractivity contribution in [1.82, 2.24) is 20.8 Å². The summed E-state index contributed by atoms with van der Waals surface area (Å²) >= 11 is 0. The molecule has 7 heteroatoms. The van der Waals surface area contributed by atoms with Crippen LogP contribution in [0.15, 0.2) is 34.9 Å². The number of carbonyl (C=O) groups excluding carboxylic acids is 1. The SMILES string of the molecule is Cc1noc(CNC(=O)N[C@H](CCO)c2ccccc2)n1. The molecule has 0 saturated heterocycles. The number of benzene rings is 1. The summed E-state index contributed by atoms with van der Waals surface area (Å²) in [5, 5.41) is 18.2. The lowest BCUT2D eigenvalue weighted by atomic mass is 10.0. The topological polar surface area (TPSA) is 100 Å². The van der Waals surface area contributed by atoms with Gasteiger partial charge in [0.1, 0.15) is 0 Å². The van der Waals surface area contributed by atoms with Crippen molar-refractivity contribution >= 4 is 6.03 Å². The number of aliphatic hydroxyl groups is 1. The van der Waals surface area contributed by atoms with Crippen molar-refractivity contribution in [3.63, 3.8) is 0 Å². The van der Waals surface area contributed by atoms with E-state index >= 15 is 0 Å². The number of nitrogens with one attached hydrogen (secondary N) is 2. The minimum atomic E-state index is -0.354. The first-order chi connectivity index (χ1) is 10.2. The summed E-state index contributed by atoms with van der Waals surface area (Å²) < 4.78 is 4.91. The second kappa shape index (κ2) is 7.39. The normalized spacial score (nSPS) is 11.9. The Hall–Kier alpha value is -2.41. The van der Waals surface area contributed by atoms with E-state index in [-0.39, 0.29) is 25.2 Å². The van der Waals surface area contributed by atoms with Crippen molar-refractivity contribution in [2.24, 2.45) is 0 Å². The molecule has 0 aliphatic carbocycles. The van der Waals surface area contributed by atoms with Gasteiger partial charge in [-0.3, -0.25) is 0 Å². The van der Waals surface area contributed by atoms with Crippen LogP contribution in [0.4, 0.5) is 4.79 Å². The molecular formula is C14H18N4O3. The van der Waals surface area contributed by atoms with Gasteiger partial charge < -0.3 is 20.3 Å². The first-order valence-electron chi connectivity index (χ1n) is 6.68. The van der Waals surface area contributed by atoms with Gasteiger partial charge in [-0.1, -0.05) is 35.5 Å². The van der Waals surface area contributed by atoms with Crippen molar-refractivity contribution in [2.75, 3.05) is 6.61 Å². The summed E-state index contributed by atoms with van der Waals surface area (Å²) in [5.74, 6) is 0.871. The Kier molecular flexibility index (Phi) is 5.28. The van der Waals surface area contributed by atoms with E-state index in [2.05, 4.69) is 20.8 Å². The van der Waals surface area contributed by atoms with Crippen LogP contribution in [0.2, 0.25) is 0 Å². The molecule has 1 aromatic carbocycles. The Balaban J connectivity index is 1.89. The fourth-order valence-electron chi connectivity index (χ4n) is 1.91. The molecule has 2 amide bonds. The van der Waals surface area contributed by atoms with Crippen molar-refractivity contribution in [3.8, 4) is 0 Å². The van der Waals surface area contributed by atoms with Crippen molar-refractivity contribution in [3.05, 3.63) is 47.6 Å². The van der Waals surface area contributed by atoms with Crippen LogP contribution in [0.25, 0.3) is 0 Å². The van der Waals surface area contributed by atoms with Crippen LogP contribution in [0.5, 0.6) is 0 Å². The maximum absolute atomic E-state index is 11.9. The van der Waals surface area contributed by atoms with Crippen molar-refractivity contribution < 1.29 is 14.4 Å². The zero-order valence-electron chi connectivity index (χ0n) is 11.7. The largest absolute Gasteiger partial charge is 0.396 e. The second-order valence-corrected chi connectivity index (χ2v) is 4.54. The smallest absolute Gasteiger partial charge is 0.315 e. The molecule has 21 heavy (non-hydrogen) atoms. The third kappa shape index (κ3) is 4.57. The van der Waals surface area contributed by atoms with Gasteiger partial charge in [0, 0.05) is 6.61 Å². The summed E-state index contributed by atoms with van der Waals surface area (Å²) in [5.41, 5.74) is 0.940. The minimum Gasteiger partial charge on any atom is -0.396 e. The van der Waals surface area contributed by atoms with Gasteiger partial charge in [-0.05, 0) is 18.9 Å². The van der Waals surface area contributed by atoms with Crippen molar-refractivity contribution in [2.45, 2.75) is 25.9 Å². The van der Waals surface area contributed by atoms with Gasteiger partial charge in [0.2, 0.25) is 5.89 Å². The van der Waals surface area contributed by atoms with Crippen LogP contribution in [0.3, 0.4) is 0 Å². The zero-order valence-corrected chi connectivity index (χ0v) is 11.7. The Morgan fingerprint density at radius 1 is 1.38 bits per heavy atom. The number of aliphatic hydroxyl groups excluding tert-OH is 1. The molecule has 2 rings (SSSR count). The third-order valence-electron chi connectivity index (χ3n) is 2.89. The van der Waals surface area contributed by atoms with E-state index in [1.807, 2.05) is 30.3 Å². The minimum absolute atomic E-state index is 0.0112. The average Bonchev–Trinajstić information content (AvgIpc) is 2.91. The quantitative estimate of drug-likeness (QED) is 0.744. The number of amides is 2. The van der Waals surface area contributed by atoms with E-state index < -0.39 is 0 Å². The molecule has 0 bridgehead atoms. The number of carbonyl (C=O) groups is 1. The van der Waals surface area contributed by atoms with E-state index in [9.17, 15) is 4.79 Å². The van der Waals surface area contributed by atoms with Gasteiger partial charge in [-0.25, -0.2) is 4.79 Å². The summed E-state index contributed by atoms with van der Waals surface area (Å²) in [6.07, 6.45) is 0.442. The molecule has 7 nitrogen and oxygen atoms in total. The molecule has 0 unspecified atom stereocenters. The van der Waals surface area contributed by atoms with E-state index in [1.165, 1.54) is 0 Å². The van der Waals surface area contributed by atoms with Crippen LogP contribution in [0, 0.1) is 6.92 Å². The highest BCUT2D eigenvalue weighted by Gasteiger charge is 2.14. The number of aryl methyl sites for hydroxylation is 1. The zero-order chi connectivity index (χ0) is 15.1. The highest BCUT2D eigenvalue weighted by atomic mass is 16.5.